The molecule has 1 aromatic heterocycles. The SMILES string of the molecule is CCC(C)CC(C)NS(=O)(=O)c1cc(C(=O)O)sc1C. The number of carboxylic acids is 1. The number of carbonyl (C=O) groups is 1. The molecule has 2 unspecified atom stereocenters. The van der Waals surface area contributed by atoms with Crippen LogP contribution in [0.5, 0.6) is 0 Å². The van der Waals surface area contributed by atoms with Gasteiger partial charge in [0.1, 0.15) is 4.88 Å². The van der Waals surface area contributed by atoms with Crippen molar-refractivity contribution in [3.63, 3.8) is 0 Å². The summed E-state index contributed by atoms with van der Waals surface area (Å²) in [6, 6.07) is 1.04. The molecule has 0 bridgehead atoms. The topological polar surface area (TPSA) is 83.5 Å². The molecule has 0 aliphatic heterocycles. The monoisotopic (exact) mass is 319 g/mol. The van der Waals surface area contributed by atoms with Crippen molar-refractivity contribution in [3.8, 4) is 0 Å². The van der Waals surface area contributed by atoms with Gasteiger partial charge in [0.15, 0.2) is 0 Å². The van der Waals surface area contributed by atoms with E-state index in [9.17, 15) is 13.2 Å². The molecule has 0 saturated heterocycles. The highest BCUT2D eigenvalue weighted by Gasteiger charge is 2.24. The van der Waals surface area contributed by atoms with E-state index in [-0.39, 0.29) is 15.8 Å². The summed E-state index contributed by atoms with van der Waals surface area (Å²) < 4.78 is 27.2. The molecule has 114 valence electrons. The Bertz CT molecular complexity index is 577. The van der Waals surface area contributed by atoms with Crippen LogP contribution in [0.1, 0.15) is 48.2 Å². The average Bonchev–Trinajstić information content (AvgIpc) is 2.71. The van der Waals surface area contributed by atoms with Gasteiger partial charge in [-0.3, -0.25) is 0 Å². The van der Waals surface area contributed by atoms with Gasteiger partial charge in [-0.15, -0.1) is 11.3 Å². The van der Waals surface area contributed by atoms with Crippen molar-refractivity contribution in [3.05, 3.63) is 15.8 Å². The van der Waals surface area contributed by atoms with Crippen LogP contribution in [0.4, 0.5) is 0 Å². The van der Waals surface area contributed by atoms with Crippen molar-refractivity contribution in [1.29, 1.82) is 0 Å². The van der Waals surface area contributed by atoms with E-state index in [4.69, 9.17) is 5.11 Å². The van der Waals surface area contributed by atoms with Gasteiger partial charge < -0.3 is 5.11 Å². The maximum absolute atomic E-state index is 12.3. The predicted molar refractivity (Wildman–Crippen MR) is 79.9 cm³/mol. The first-order valence-electron chi connectivity index (χ1n) is 6.53. The molecule has 2 N–H and O–H groups in total. The zero-order chi connectivity index (χ0) is 15.5. The van der Waals surface area contributed by atoms with Crippen LogP contribution in [0.3, 0.4) is 0 Å². The predicted octanol–water partition coefficient (Wildman–Crippen LogP) is 2.86. The lowest BCUT2D eigenvalue weighted by atomic mass is 10.0. The van der Waals surface area contributed by atoms with Gasteiger partial charge in [0.05, 0.1) is 4.90 Å². The minimum Gasteiger partial charge on any atom is -0.477 e. The molecule has 5 nitrogen and oxygen atoms in total. The second-order valence-electron chi connectivity index (χ2n) is 5.11. The molecule has 0 spiro atoms. The van der Waals surface area contributed by atoms with Crippen LogP contribution in [0, 0.1) is 12.8 Å². The van der Waals surface area contributed by atoms with Crippen LogP contribution in [0.2, 0.25) is 0 Å². The number of sulfonamides is 1. The molecular formula is C13H21NO4S2. The van der Waals surface area contributed by atoms with Gasteiger partial charge in [-0.1, -0.05) is 20.3 Å². The highest BCUT2D eigenvalue weighted by Crippen LogP contribution is 2.26. The van der Waals surface area contributed by atoms with Crippen molar-refractivity contribution in [1.82, 2.24) is 4.72 Å². The first-order valence-corrected chi connectivity index (χ1v) is 8.83. The third kappa shape index (κ3) is 4.29. The summed E-state index contributed by atoms with van der Waals surface area (Å²) in [6.45, 7) is 7.58. The number of hydrogen-bond donors (Lipinski definition) is 2. The summed E-state index contributed by atoms with van der Waals surface area (Å²) >= 11 is 0.976. The fourth-order valence-electron chi connectivity index (χ4n) is 1.98. The maximum Gasteiger partial charge on any atom is 0.345 e. The van der Waals surface area contributed by atoms with Crippen LogP contribution in [-0.4, -0.2) is 25.5 Å². The van der Waals surface area contributed by atoms with Crippen LogP contribution < -0.4 is 4.72 Å². The quantitative estimate of drug-likeness (QED) is 0.809. The lowest BCUT2D eigenvalue weighted by Crippen LogP contribution is -2.33. The Morgan fingerprint density at radius 3 is 2.50 bits per heavy atom. The average molecular weight is 319 g/mol. The van der Waals surface area contributed by atoms with E-state index in [1.165, 1.54) is 6.07 Å². The van der Waals surface area contributed by atoms with Crippen molar-refractivity contribution < 1.29 is 18.3 Å². The summed E-state index contributed by atoms with van der Waals surface area (Å²) in [5.74, 6) is -0.668. The minimum atomic E-state index is -3.66. The van der Waals surface area contributed by atoms with E-state index < -0.39 is 16.0 Å². The second-order valence-corrected chi connectivity index (χ2v) is 8.05. The largest absolute Gasteiger partial charge is 0.477 e. The Morgan fingerprint density at radius 1 is 1.45 bits per heavy atom. The number of nitrogens with one attached hydrogen (secondary N) is 1. The lowest BCUT2D eigenvalue weighted by Gasteiger charge is -2.17. The molecule has 0 fully saturated rings. The molecule has 0 aliphatic carbocycles. The van der Waals surface area contributed by atoms with Gasteiger partial charge in [-0.05, 0) is 32.3 Å². The van der Waals surface area contributed by atoms with Gasteiger partial charge >= 0.3 is 5.97 Å². The third-order valence-electron chi connectivity index (χ3n) is 3.18. The van der Waals surface area contributed by atoms with E-state index in [2.05, 4.69) is 18.6 Å². The third-order valence-corrected chi connectivity index (χ3v) is 6.07. The second kappa shape index (κ2) is 6.69. The van der Waals surface area contributed by atoms with Crippen molar-refractivity contribution in [2.45, 2.75) is 51.5 Å². The van der Waals surface area contributed by atoms with E-state index in [0.29, 0.717) is 10.8 Å². The molecule has 1 rings (SSSR count). The molecule has 0 aromatic carbocycles. The summed E-state index contributed by atoms with van der Waals surface area (Å²) in [4.78, 5) is 11.5. The minimum absolute atomic E-state index is 0.0393. The number of rotatable bonds is 7. The van der Waals surface area contributed by atoms with Crippen LogP contribution in [-0.2, 0) is 10.0 Å². The molecule has 7 heteroatoms. The first-order chi connectivity index (χ1) is 9.17. The van der Waals surface area contributed by atoms with Gasteiger partial charge in [0.2, 0.25) is 10.0 Å². The molecule has 1 aromatic rings. The summed E-state index contributed by atoms with van der Waals surface area (Å²) in [5, 5.41) is 8.92. The Hall–Kier alpha value is -0.920. The summed E-state index contributed by atoms with van der Waals surface area (Å²) in [6.07, 6.45) is 1.75. The number of thiophene rings is 1. The molecule has 1 heterocycles. The highest BCUT2D eigenvalue weighted by molar-refractivity contribution is 7.89. The molecule has 0 saturated carbocycles. The molecular weight excluding hydrogens is 298 g/mol. The lowest BCUT2D eigenvalue weighted by molar-refractivity contribution is 0.0702. The smallest absolute Gasteiger partial charge is 0.345 e. The highest BCUT2D eigenvalue weighted by atomic mass is 32.2. The van der Waals surface area contributed by atoms with E-state index in [1.807, 2.05) is 6.92 Å². The molecule has 0 radical (unpaired) electrons. The number of hydrogen-bond acceptors (Lipinski definition) is 4. The normalized spacial score (nSPS) is 15.0. The van der Waals surface area contributed by atoms with Crippen molar-refractivity contribution >= 4 is 27.3 Å². The van der Waals surface area contributed by atoms with Crippen LogP contribution in [0.15, 0.2) is 11.0 Å². The Labute approximate surface area is 124 Å². The Morgan fingerprint density at radius 2 is 2.05 bits per heavy atom. The number of carboxylic acid groups (broad SMARTS) is 1. The summed E-state index contributed by atoms with van der Waals surface area (Å²) in [7, 11) is -3.66. The van der Waals surface area contributed by atoms with E-state index in [1.54, 1.807) is 6.92 Å². The van der Waals surface area contributed by atoms with Crippen molar-refractivity contribution in [2.24, 2.45) is 5.92 Å². The van der Waals surface area contributed by atoms with Crippen LogP contribution >= 0.6 is 11.3 Å². The number of aromatic carboxylic acids is 1. The van der Waals surface area contributed by atoms with Gasteiger partial charge in [0, 0.05) is 10.9 Å². The standard InChI is InChI=1S/C13H21NO4S2/c1-5-8(2)6-9(3)14-20(17,18)12-7-11(13(15)16)19-10(12)4/h7-9,14H,5-6H2,1-4H3,(H,15,16). The molecule has 2 atom stereocenters. The number of aryl methyl sites for hydroxylation is 1. The summed E-state index contributed by atoms with van der Waals surface area (Å²) in [5.41, 5.74) is 0. The van der Waals surface area contributed by atoms with E-state index in [0.717, 1.165) is 24.2 Å². The first kappa shape index (κ1) is 17.1. The molecule has 0 amide bonds. The fourth-order valence-corrected chi connectivity index (χ4v) is 4.67. The molecule has 0 aliphatic rings. The fraction of sp³-hybridized carbons (Fsp3) is 0.615. The van der Waals surface area contributed by atoms with Crippen molar-refractivity contribution in [2.75, 3.05) is 0 Å². The maximum atomic E-state index is 12.3. The molecule has 20 heavy (non-hydrogen) atoms. The van der Waals surface area contributed by atoms with E-state index >= 15 is 0 Å². The van der Waals surface area contributed by atoms with Gasteiger partial charge in [0.25, 0.3) is 0 Å². The van der Waals surface area contributed by atoms with Gasteiger partial charge in [-0.25, -0.2) is 17.9 Å². The Balaban J connectivity index is 2.91. The zero-order valence-electron chi connectivity index (χ0n) is 12.1. The Kier molecular flexibility index (Phi) is 5.73. The zero-order valence-corrected chi connectivity index (χ0v) is 13.8. The van der Waals surface area contributed by atoms with Crippen LogP contribution in [0.25, 0.3) is 0 Å². The van der Waals surface area contributed by atoms with Gasteiger partial charge in [-0.2, -0.15) is 0 Å².